The van der Waals surface area contributed by atoms with Crippen LogP contribution in [0.1, 0.15) is 23.0 Å². The Balaban J connectivity index is 1.66. The molecule has 0 atom stereocenters. The third-order valence-corrected chi connectivity index (χ3v) is 4.77. The van der Waals surface area contributed by atoms with Gasteiger partial charge in [0.15, 0.2) is 0 Å². The molecule has 0 fully saturated rings. The van der Waals surface area contributed by atoms with Crippen LogP contribution in [0.4, 0.5) is 5.82 Å². The van der Waals surface area contributed by atoms with Crippen molar-refractivity contribution < 1.29 is 9.59 Å². The van der Waals surface area contributed by atoms with Gasteiger partial charge in [0.25, 0.3) is 5.91 Å². The highest BCUT2D eigenvalue weighted by molar-refractivity contribution is 6.37. The van der Waals surface area contributed by atoms with E-state index in [4.69, 9.17) is 11.6 Å². The van der Waals surface area contributed by atoms with E-state index in [1.54, 1.807) is 12.1 Å². The molecule has 6 nitrogen and oxygen atoms in total. The molecule has 0 saturated heterocycles. The molecule has 3 N–H and O–H groups in total. The van der Waals surface area contributed by atoms with Gasteiger partial charge >= 0.3 is 0 Å². The Kier molecular flexibility index (Phi) is 7.54. The highest BCUT2D eigenvalue weighted by atomic mass is 35.5. The highest BCUT2D eigenvalue weighted by Crippen LogP contribution is 2.30. The Labute approximate surface area is 180 Å². The smallest absolute Gasteiger partial charge is 0.258 e. The van der Waals surface area contributed by atoms with Gasteiger partial charge in [-0.05, 0) is 23.8 Å². The van der Waals surface area contributed by atoms with Crippen LogP contribution in [-0.2, 0) is 11.3 Å². The van der Waals surface area contributed by atoms with Crippen LogP contribution in [0, 0.1) is 0 Å². The SMILES string of the molecule is CC(=O)NCCNCc1cccc(NC(=O)c2cccc(-c3ccccc3)c2Cl)n1. The van der Waals surface area contributed by atoms with Crippen LogP contribution in [0.15, 0.2) is 66.7 Å². The summed E-state index contributed by atoms with van der Waals surface area (Å²) in [6, 6.07) is 20.5. The molecule has 3 aromatic rings. The molecule has 3 rings (SSSR count). The maximum absolute atomic E-state index is 12.8. The van der Waals surface area contributed by atoms with Gasteiger partial charge in [-0.1, -0.05) is 60.1 Å². The topological polar surface area (TPSA) is 83.1 Å². The number of anilines is 1. The summed E-state index contributed by atoms with van der Waals surface area (Å²) in [5.74, 6) is 0.0676. The fourth-order valence-electron chi connectivity index (χ4n) is 2.92. The average Bonchev–Trinajstić information content (AvgIpc) is 2.74. The van der Waals surface area contributed by atoms with Crippen molar-refractivity contribution in [1.82, 2.24) is 15.6 Å². The lowest BCUT2D eigenvalue weighted by Crippen LogP contribution is -2.30. The molecular weight excluding hydrogens is 400 g/mol. The summed E-state index contributed by atoms with van der Waals surface area (Å²) in [7, 11) is 0. The van der Waals surface area contributed by atoms with Gasteiger partial charge in [-0.3, -0.25) is 9.59 Å². The van der Waals surface area contributed by atoms with Crippen molar-refractivity contribution in [3.8, 4) is 11.1 Å². The zero-order valence-corrected chi connectivity index (χ0v) is 17.4. The minimum Gasteiger partial charge on any atom is -0.355 e. The van der Waals surface area contributed by atoms with E-state index in [1.807, 2.05) is 54.6 Å². The number of carbonyl (C=O) groups excluding carboxylic acids is 2. The first kappa shape index (κ1) is 21.5. The van der Waals surface area contributed by atoms with Gasteiger partial charge < -0.3 is 16.0 Å². The van der Waals surface area contributed by atoms with Gasteiger partial charge in [0, 0.05) is 32.1 Å². The zero-order valence-electron chi connectivity index (χ0n) is 16.6. The normalized spacial score (nSPS) is 10.5. The average molecular weight is 423 g/mol. The number of benzene rings is 2. The van der Waals surface area contributed by atoms with E-state index in [2.05, 4.69) is 20.9 Å². The molecule has 0 unspecified atom stereocenters. The van der Waals surface area contributed by atoms with Crippen LogP contribution < -0.4 is 16.0 Å². The van der Waals surface area contributed by atoms with Crippen LogP contribution in [-0.4, -0.2) is 29.9 Å². The molecule has 0 bridgehead atoms. The monoisotopic (exact) mass is 422 g/mol. The molecule has 0 radical (unpaired) electrons. The predicted molar refractivity (Wildman–Crippen MR) is 119 cm³/mol. The number of carbonyl (C=O) groups is 2. The second kappa shape index (κ2) is 10.5. The number of nitrogens with one attached hydrogen (secondary N) is 3. The Morgan fingerprint density at radius 2 is 1.70 bits per heavy atom. The summed E-state index contributed by atoms with van der Waals surface area (Å²) in [6.07, 6.45) is 0. The maximum atomic E-state index is 12.8. The quantitative estimate of drug-likeness (QED) is 0.481. The third kappa shape index (κ3) is 5.89. The molecule has 1 heterocycles. The lowest BCUT2D eigenvalue weighted by atomic mass is 10.0. The Morgan fingerprint density at radius 1 is 0.933 bits per heavy atom. The first-order chi connectivity index (χ1) is 14.5. The number of halogens is 1. The van der Waals surface area contributed by atoms with Crippen LogP contribution in [0.25, 0.3) is 11.1 Å². The van der Waals surface area contributed by atoms with Crippen LogP contribution in [0.5, 0.6) is 0 Å². The molecule has 154 valence electrons. The summed E-state index contributed by atoms with van der Waals surface area (Å²) in [5, 5.41) is 9.13. The number of hydrogen-bond donors (Lipinski definition) is 3. The second-order valence-electron chi connectivity index (χ2n) is 6.66. The summed E-state index contributed by atoms with van der Waals surface area (Å²) in [4.78, 5) is 28.1. The fraction of sp³-hybridized carbons (Fsp3) is 0.174. The lowest BCUT2D eigenvalue weighted by molar-refractivity contribution is -0.118. The van der Waals surface area contributed by atoms with E-state index in [9.17, 15) is 9.59 Å². The molecular formula is C23H23ClN4O2. The van der Waals surface area contributed by atoms with Crippen molar-refractivity contribution in [2.24, 2.45) is 0 Å². The van der Waals surface area contributed by atoms with E-state index in [0.717, 1.165) is 16.8 Å². The number of rotatable bonds is 8. The lowest BCUT2D eigenvalue weighted by Gasteiger charge is -2.11. The number of nitrogens with zero attached hydrogens (tertiary/aromatic N) is 1. The fourth-order valence-corrected chi connectivity index (χ4v) is 3.24. The highest BCUT2D eigenvalue weighted by Gasteiger charge is 2.15. The van der Waals surface area contributed by atoms with Gasteiger partial charge in [0.2, 0.25) is 5.91 Å². The number of pyridine rings is 1. The summed E-state index contributed by atoms with van der Waals surface area (Å²) in [6.45, 7) is 3.17. The Morgan fingerprint density at radius 3 is 2.47 bits per heavy atom. The molecule has 1 aromatic heterocycles. The van der Waals surface area contributed by atoms with Crippen molar-refractivity contribution in [2.75, 3.05) is 18.4 Å². The molecule has 0 aliphatic carbocycles. The van der Waals surface area contributed by atoms with E-state index in [0.29, 0.717) is 36.0 Å². The van der Waals surface area contributed by atoms with Crippen molar-refractivity contribution in [3.63, 3.8) is 0 Å². The molecule has 2 amide bonds. The van der Waals surface area contributed by atoms with Gasteiger partial charge in [0.05, 0.1) is 16.3 Å². The molecule has 7 heteroatoms. The molecule has 0 saturated carbocycles. The largest absolute Gasteiger partial charge is 0.355 e. The first-order valence-electron chi connectivity index (χ1n) is 9.61. The van der Waals surface area contributed by atoms with E-state index < -0.39 is 0 Å². The number of aromatic nitrogens is 1. The van der Waals surface area contributed by atoms with Crippen LogP contribution in [0.3, 0.4) is 0 Å². The van der Waals surface area contributed by atoms with E-state index >= 15 is 0 Å². The van der Waals surface area contributed by atoms with Gasteiger partial charge in [0.1, 0.15) is 5.82 Å². The van der Waals surface area contributed by atoms with E-state index in [1.165, 1.54) is 6.92 Å². The van der Waals surface area contributed by atoms with Crippen molar-refractivity contribution in [2.45, 2.75) is 13.5 Å². The molecule has 30 heavy (non-hydrogen) atoms. The molecule has 0 spiro atoms. The van der Waals surface area contributed by atoms with Gasteiger partial charge in [-0.2, -0.15) is 0 Å². The van der Waals surface area contributed by atoms with E-state index in [-0.39, 0.29) is 11.8 Å². The van der Waals surface area contributed by atoms with Crippen LogP contribution in [0.2, 0.25) is 5.02 Å². The third-order valence-electron chi connectivity index (χ3n) is 4.36. The Bertz CT molecular complexity index is 1020. The summed E-state index contributed by atoms with van der Waals surface area (Å²) >= 11 is 6.53. The minimum atomic E-state index is -0.318. The second-order valence-corrected chi connectivity index (χ2v) is 7.04. The molecule has 0 aliphatic rings. The number of amides is 2. The van der Waals surface area contributed by atoms with Crippen molar-refractivity contribution in [1.29, 1.82) is 0 Å². The standard InChI is InChI=1S/C23H23ClN4O2/c1-16(29)26-14-13-25-15-18-9-5-12-21(27-18)28-23(30)20-11-6-10-19(22(20)24)17-7-3-2-4-8-17/h2-12,25H,13-15H2,1H3,(H,26,29)(H,27,28,30). The Hall–Kier alpha value is -3.22. The minimum absolute atomic E-state index is 0.0605. The van der Waals surface area contributed by atoms with Gasteiger partial charge in [-0.25, -0.2) is 4.98 Å². The predicted octanol–water partition coefficient (Wildman–Crippen LogP) is 3.88. The van der Waals surface area contributed by atoms with Crippen molar-refractivity contribution in [3.05, 3.63) is 83.0 Å². The first-order valence-corrected chi connectivity index (χ1v) is 9.99. The molecule has 0 aliphatic heterocycles. The zero-order chi connectivity index (χ0) is 21.3. The summed E-state index contributed by atoms with van der Waals surface area (Å²) < 4.78 is 0. The number of hydrogen-bond acceptors (Lipinski definition) is 4. The van der Waals surface area contributed by atoms with Gasteiger partial charge in [-0.15, -0.1) is 0 Å². The maximum Gasteiger partial charge on any atom is 0.258 e. The van der Waals surface area contributed by atoms with Crippen molar-refractivity contribution >= 4 is 29.2 Å². The van der Waals surface area contributed by atoms with Crippen LogP contribution >= 0.6 is 11.6 Å². The molecule has 2 aromatic carbocycles. The summed E-state index contributed by atoms with van der Waals surface area (Å²) in [5.41, 5.74) is 2.91.